The molecule has 0 aliphatic rings. The van der Waals surface area contributed by atoms with Gasteiger partial charge in [0.05, 0.1) is 24.6 Å². The molecule has 0 atom stereocenters. The van der Waals surface area contributed by atoms with Crippen molar-refractivity contribution in [1.82, 2.24) is 9.55 Å². The predicted molar refractivity (Wildman–Crippen MR) is 84.7 cm³/mol. The Kier molecular flexibility index (Phi) is 3.92. The molecule has 3 rings (SSSR count). The third-order valence-corrected chi connectivity index (χ3v) is 3.79. The van der Waals surface area contributed by atoms with Gasteiger partial charge in [0.15, 0.2) is 11.0 Å². The molecule has 0 bridgehead atoms. The fraction of sp³-hybridized carbons (Fsp3) is 0.125. The van der Waals surface area contributed by atoms with Crippen molar-refractivity contribution in [3.05, 3.63) is 63.4 Å². The van der Waals surface area contributed by atoms with E-state index in [1.54, 1.807) is 31.4 Å². The second-order valence-electron chi connectivity index (χ2n) is 4.93. The van der Waals surface area contributed by atoms with Gasteiger partial charge >= 0.3 is 0 Å². The van der Waals surface area contributed by atoms with Crippen LogP contribution < -0.4 is 10.3 Å². The van der Waals surface area contributed by atoms with Crippen molar-refractivity contribution < 1.29 is 14.2 Å². The number of nitrogens with zero attached hydrogens (tertiary/aromatic N) is 2. The first-order valence-electron chi connectivity index (χ1n) is 6.70. The molecule has 0 radical (unpaired) electrons. The first-order chi connectivity index (χ1) is 11.0. The number of ether oxygens (including phenoxy) is 1. The van der Waals surface area contributed by atoms with E-state index in [1.807, 2.05) is 0 Å². The Morgan fingerprint density at radius 2 is 2.04 bits per heavy atom. The summed E-state index contributed by atoms with van der Waals surface area (Å²) < 4.78 is 20.6. The summed E-state index contributed by atoms with van der Waals surface area (Å²) in [5.74, 6) is -0.500. The maximum Gasteiger partial charge on any atom is 0.255 e. The fourth-order valence-corrected chi connectivity index (χ4v) is 2.50. The first-order valence-corrected chi connectivity index (χ1v) is 7.08. The summed E-state index contributed by atoms with van der Waals surface area (Å²) in [5, 5.41) is 9.62. The molecule has 2 aromatic heterocycles. The molecule has 0 unspecified atom stereocenters. The van der Waals surface area contributed by atoms with Crippen LogP contribution in [0.25, 0.3) is 10.9 Å². The SMILES string of the molecule is COc1ccc(Cn2c(=O)cc(O)c3cnc(Cl)c(F)c32)cc1. The lowest BCUT2D eigenvalue weighted by molar-refractivity contribution is 0.414. The molecular formula is C16H12ClFN2O3. The monoisotopic (exact) mass is 334 g/mol. The number of fused-ring (bicyclic) bond motifs is 1. The lowest BCUT2D eigenvalue weighted by atomic mass is 10.2. The molecule has 0 saturated carbocycles. The van der Waals surface area contributed by atoms with Crippen LogP contribution in [0.4, 0.5) is 4.39 Å². The molecule has 0 aliphatic heterocycles. The van der Waals surface area contributed by atoms with E-state index in [2.05, 4.69) is 4.98 Å². The number of hydrogen-bond donors (Lipinski definition) is 1. The van der Waals surface area contributed by atoms with Gasteiger partial charge in [0.1, 0.15) is 11.5 Å². The van der Waals surface area contributed by atoms with E-state index in [9.17, 15) is 14.3 Å². The number of aromatic hydroxyl groups is 1. The van der Waals surface area contributed by atoms with Gasteiger partial charge in [0, 0.05) is 12.3 Å². The molecule has 5 nitrogen and oxygen atoms in total. The Hall–Kier alpha value is -2.60. The Bertz CT molecular complexity index is 939. The number of pyridine rings is 2. The highest BCUT2D eigenvalue weighted by Crippen LogP contribution is 2.27. The maximum atomic E-state index is 14.4. The molecular weight excluding hydrogens is 323 g/mol. The van der Waals surface area contributed by atoms with Gasteiger partial charge in [-0.1, -0.05) is 23.7 Å². The average molecular weight is 335 g/mol. The second-order valence-corrected chi connectivity index (χ2v) is 5.29. The predicted octanol–water partition coefficient (Wildman–Crippen LogP) is 2.95. The largest absolute Gasteiger partial charge is 0.507 e. The maximum absolute atomic E-state index is 14.4. The smallest absolute Gasteiger partial charge is 0.255 e. The van der Waals surface area contributed by atoms with Crippen molar-refractivity contribution in [3.63, 3.8) is 0 Å². The van der Waals surface area contributed by atoms with Gasteiger partial charge in [0.2, 0.25) is 0 Å². The van der Waals surface area contributed by atoms with Crippen molar-refractivity contribution in [2.75, 3.05) is 7.11 Å². The zero-order chi connectivity index (χ0) is 16.6. The Morgan fingerprint density at radius 1 is 1.35 bits per heavy atom. The summed E-state index contributed by atoms with van der Waals surface area (Å²) in [7, 11) is 1.55. The van der Waals surface area contributed by atoms with Crippen LogP contribution in [0.2, 0.25) is 5.15 Å². The zero-order valence-electron chi connectivity index (χ0n) is 12.1. The molecule has 2 heterocycles. The van der Waals surface area contributed by atoms with Crippen LogP contribution in [0.1, 0.15) is 5.56 Å². The molecule has 118 valence electrons. The summed E-state index contributed by atoms with van der Waals surface area (Å²) >= 11 is 5.71. The van der Waals surface area contributed by atoms with Crippen LogP contribution in [-0.4, -0.2) is 21.8 Å². The van der Waals surface area contributed by atoms with Crippen molar-refractivity contribution in [3.8, 4) is 11.5 Å². The molecule has 1 N–H and O–H groups in total. The van der Waals surface area contributed by atoms with E-state index in [-0.39, 0.29) is 28.4 Å². The molecule has 0 aliphatic carbocycles. The highest BCUT2D eigenvalue weighted by Gasteiger charge is 2.16. The third kappa shape index (κ3) is 2.73. The number of aromatic nitrogens is 2. The van der Waals surface area contributed by atoms with Crippen LogP contribution >= 0.6 is 11.6 Å². The molecule has 0 amide bonds. The summed E-state index contributed by atoms with van der Waals surface area (Å²) in [4.78, 5) is 15.9. The van der Waals surface area contributed by atoms with Crippen LogP contribution in [0.15, 0.2) is 41.3 Å². The van der Waals surface area contributed by atoms with E-state index in [0.29, 0.717) is 5.75 Å². The van der Waals surface area contributed by atoms with E-state index in [1.165, 1.54) is 10.8 Å². The number of rotatable bonds is 3. The molecule has 0 fully saturated rings. The minimum absolute atomic E-state index is 0.0779. The summed E-state index contributed by atoms with van der Waals surface area (Å²) in [6.45, 7) is 0.122. The number of hydrogen-bond acceptors (Lipinski definition) is 4. The van der Waals surface area contributed by atoms with E-state index < -0.39 is 11.4 Å². The normalized spacial score (nSPS) is 10.9. The quantitative estimate of drug-likeness (QED) is 0.748. The fourth-order valence-electron chi connectivity index (χ4n) is 2.36. The van der Waals surface area contributed by atoms with E-state index >= 15 is 0 Å². The molecule has 3 aromatic rings. The standard InChI is InChI=1S/C16H12ClFN2O3/c1-23-10-4-2-9(3-5-10)8-20-13(22)6-12(21)11-7-19-16(17)14(18)15(11)20/h2-7,21H,8H2,1H3. The Labute approximate surface area is 135 Å². The van der Waals surface area contributed by atoms with Crippen LogP contribution in [0, 0.1) is 5.82 Å². The minimum atomic E-state index is -0.842. The molecule has 0 spiro atoms. The van der Waals surface area contributed by atoms with Crippen molar-refractivity contribution >= 4 is 22.5 Å². The summed E-state index contributed by atoms with van der Waals surface area (Å²) in [6, 6.07) is 8.05. The third-order valence-electron chi connectivity index (χ3n) is 3.52. The Balaban J connectivity index is 2.19. The number of benzene rings is 1. The molecule has 23 heavy (non-hydrogen) atoms. The van der Waals surface area contributed by atoms with Gasteiger partial charge in [-0.25, -0.2) is 9.37 Å². The van der Waals surface area contributed by atoms with Gasteiger partial charge in [-0.2, -0.15) is 0 Å². The first kappa shape index (κ1) is 15.3. The average Bonchev–Trinajstić information content (AvgIpc) is 2.55. The zero-order valence-corrected chi connectivity index (χ0v) is 12.8. The van der Waals surface area contributed by atoms with Gasteiger partial charge in [-0.05, 0) is 17.7 Å². The molecule has 1 aromatic carbocycles. The molecule has 7 heteroatoms. The van der Waals surface area contributed by atoms with Crippen molar-refractivity contribution in [2.24, 2.45) is 0 Å². The number of halogens is 2. The van der Waals surface area contributed by atoms with Crippen LogP contribution in [0.5, 0.6) is 11.5 Å². The summed E-state index contributed by atoms with van der Waals surface area (Å²) in [6.07, 6.45) is 1.24. The topological polar surface area (TPSA) is 64.3 Å². The second kappa shape index (κ2) is 5.89. The van der Waals surface area contributed by atoms with Gasteiger partial charge in [-0.3, -0.25) is 4.79 Å². The van der Waals surface area contributed by atoms with Gasteiger partial charge < -0.3 is 14.4 Å². The highest BCUT2D eigenvalue weighted by molar-refractivity contribution is 6.30. The van der Waals surface area contributed by atoms with Crippen LogP contribution in [-0.2, 0) is 6.54 Å². The van der Waals surface area contributed by atoms with Crippen molar-refractivity contribution in [1.29, 1.82) is 0 Å². The van der Waals surface area contributed by atoms with E-state index in [0.717, 1.165) is 11.6 Å². The number of methoxy groups -OCH3 is 1. The van der Waals surface area contributed by atoms with E-state index in [4.69, 9.17) is 16.3 Å². The van der Waals surface area contributed by atoms with Crippen LogP contribution in [0.3, 0.4) is 0 Å². The summed E-state index contributed by atoms with van der Waals surface area (Å²) in [5.41, 5.74) is 0.157. The molecule has 0 saturated heterocycles. The van der Waals surface area contributed by atoms with Crippen molar-refractivity contribution in [2.45, 2.75) is 6.54 Å². The lowest BCUT2D eigenvalue weighted by Gasteiger charge is -2.12. The lowest BCUT2D eigenvalue weighted by Crippen LogP contribution is -2.21. The van der Waals surface area contributed by atoms with Gasteiger partial charge in [-0.15, -0.1) is 0 Å². The minimum Gasteiger partial charge on any atom is -0.507 e. The van der Waals surface area contributed by atoms with Gasteiger partial charge in [0.25, 0.3) is 5.56 Å². The highest BCUT2D eigenvalue weighted by atomic mass is 35.5. The Morgan fingerprint density at radius 3 is 2.70 bits per heavy atom.